The fourth-order valence-corrected chi connectivity index (χ4v) is 2.55. The van der Waals surface area contributed by atoms with Crippen LogP contribution in [-0.4, -0.2) is 29.0 Å². The minimum absolute atomic E-state index is 0.0725. The number of aryl methyl sites for hydroxylation is 1. The average Bonchev–Trinajstić information content (AvgIpc) is 2.84. The van der Waals surface area contributed by atoms with E-state index < -0.39 is 0 Å². The van der Waals surface area contributed by atoms with Crippen molar-refractivity contribution in [3.05, 3.63) is 39.6 Å². The molecular formula is C13H12ClN3O3S. The molecule has 0 aliphatic rings. The number of hydrogen-bond donors (Lipinski definition) is 1. The fraction of sp³-hybridized carbons (Fsp3) is 0.231. The van der Waals surface area contributed by atoms with E-state index in [0.717, 1.165) is 0 Å². The minimum Gasteiger partial charge on any atom is -0.469 e. The zero-order valence-electron chi connectivity index (χ0n) is 11.3. The number of carbonyl (C=O) groups is 2. The molecule has 1 amide bonds. The molecule has 2 heterocycles. The second-order valence-corrected chi connectivity index (χ2v) is 5.42. The maximum Gasteiger partial charge on any atom is 0.311 e. The lowest BCUT2D eigenvalue weighted by atomic mass is 10.2. The molecule has 1 N–H and O–H groups in total. The van der Waals surface area contributed by atoms with Gasteiger partial charge in [0.25, 0.3) is 5.91 Å². The average molecular weight is 326 g/mol. The third kappa shape index (κ3) is 4.24. The lowest BCUT2D eigenvalue weighted by Crippen LogP contribution is -2.12. The van der Waals surface area contributed by atoms with Crippen LogP contribution in [0.4, 0.5) is 5.13 Å². The van der Waals surface area contributed by atoms with E-state index in [0.29, 0.717) is 22.1 Å². The number of anilines is 1. The summed E-state index contributed by atoms with van der Waals surface area (Å²) in [6.07, 6.45) is 0.0725. The van der Waals surface area contributed by atoms with Gasteiger partial charge in [-0.15, -0.1) is 11.3 Å². The molecular weight excluding hydrogens is 314 g/mol. The van der Waals surface area contributed by atoms with Gasteiger partial charge in [-0.2, -0.15) is 0 Å². The van der Waals surface area contributed by atoms with Crippen LogP contribution < -0.4 is 5.32 Å². The highest BCUT2D eigenvalue weighted by Gasteiger charge is 2.12. The number of ether oxygens (including phenoxy) is 1. The van der Waals surface area contributed by atoms with Gasteiger partial charge in [0.15, 0.2) is 5.13 Å². The Morgan fingerprint density at radius 3 is 2.81 bits per heavy atom. The van der Waals surface area contributed by atoms with Crippen LogP contribution in [0.15, 0.2) is 17.5 Å². The first kappa shape index (κ1) is 15.4. The number of pyridine rings is 1. The molecule has 21 heavy (non-hydrogen) atoms. The Hall–Kier alpha value is -1.99. The van der Waals surface area contributed by atoms with Crippen LogP contribution in [-0.2, 0) is 16.0 Å². The number of nitrogens with zero attached hydrogens (tertiary/aromatic N) is 2. The van der Waals surface area contributed by atoms with Crippen LogP contribution in [0.3, 0.4) is 0 Å². The summed E-state index contributed by atoms with van der Waals surface area (Å²) in [7, 11) is 1.31. The van der Waals surface area contributed by atoms with Gasteiger partial charge in [0.1, 0.15) is 5.15 Å². The predicted octanol–water partition coefficient (Wildman–Crippen LogP) is 2.47. The molecule has 0 aliphatic heterocycles. The zero-order valence-corrected chi connectivity index (χ0v) is 12.9. The van der Waals surface area contributed by atoms with Gasteiger partial charge in [0.2, 0.25) is 0 Å². The first-order valence-corrected chi connectivity index (χ1v) is 7.20. The maximum absolute atomic E-state index is 12.1. The third-order valence-corrected chi connectivity index (χ3v) is 3.51. The fourth-order valence-electron chi connectivity index (χ4n) is 1.59. The van der Waals surface area contributed by atoms with Crippen molar-refractivity contribution in [1.82, 2.24) is 9.97 Å². The van der Waals surface area contributed by atoms with E-state index in [-0.39, 0.29) is 23.5 Å². The summed E-state index contributed by atoms with van der Waals surface area (Å²) in [5.74, 6) is -0.712. The largest absolute Gasteiger partial charge is 0.469 e. The minimum atomic E-state index is -0.380. The summed E-state index contributed by atoms with van der Waals surface area (Å²) in [4.78, 5) is 31.4. The molecule has 0 spiro atoms. The van der Waals surface area contributed by atoms with Crippen molar-refractivity contribution >= 4 is 39.9 Å². The molecule has 0 aromatic carbocycles. The van der Waals surface area contributed by atoms with Gasteiger partial charge in [-0.1, -0.05) is 11.6 Å². The van der Waals surface area contributed by atoms with E-state index >= 15 is 0 Å². The Bertz CT molecular complexity index is 667. The van der Waals surface area contributed by atoms with Crippen LogP contribution in [0.1, 0.15) is 21.7 Å². The van der Waals surface area contributed by atoms with Gasteiger partial charge in [-0.3, -0.25) is 14.9 Å². The normalized spacial score (nSPS) is 10.2. The Labute approximate surface area is 130 Å². The highest BCUT2D eigenvalue weighted by molar-refractivity contribution is 7.14. The van der Waals surface area contributed by atoms with Gasteiger partial charge < -0.3 is 4.74 Å². The summed E-state index contributed by atoms with van der Waals surface area (Å²) in [5, 5.41) is 5.01. The zero-order chi connectivity index (χ0) is 15.4. The predicted molar refractivity (Wildman–Crippen MR) is 79.8 cm³/mol. The Balaban J connectivity index is 2.07. The van der Waals surface area contributed by atoms with Crippen molar-refractivity contribution in [2.75, 3.05) is 12.4 Å². The van der Waals surface area contributed by atoms with Gasteiger partial charge in [0, 0.05) is 16.6 Å². The summed E-state index contributed by atoms with van der Waals surface area (Å²) in [6, 6.07) is 3.11. The molecule has 0 radical (unpaired) electrons. The summed E-state index contributed by atoms with van der Waals surface area (Å²) in [5.41, 5.74) is 1.60. The van der Waals surface area contributed by atoms with Gasteiger partial charge in [0.05, 0.1) is 19.2 Å². The summed E-state index contributed by atoms with van der Waals surface area (Å²) in [6.45, 7) is 1.75. The van der Waals surface area contributed by atoms with E-state index in [9.17, 15) is 9.59 Å². The van der Waals surface area contributed by atoms with Gasteiger partial charge in [-0.25, -0.2) is 9.97 Å². The summed E-state index contributed by atoms with van der Waals surface area (Å²) >= 11 is 7.05. The van der Waals surface area contributed by atoms with E-state index in [1.54, 1.807) is 18.4 Å². The van der Waals surface area contributed by atoms with Crippen LogP contribution in [0.25, 0.3) is 0 Å². The number of thiazole rings is 1. The first-order chi connectivity index (χ1) is 9.97. The van der Waals surface area contributed by atoms with Crippen molar-refractivity contribution in [3.8, 4) is 0 Å². The lowest BCUT2D eigenvalue weighted by Gasteiger charge is -2.03. The lowest BCUT2D eigenvalue weighted by molar-refractivity contribution is -0.139. The Morgan fingerprint density at radius 2 is 2.14 bits per heavy atom. The number of carbonyl (C=O) groups excluding carboxylic acids is 2. The highest BCUT2D eigenvalue weighted by atomic mass is 35.5. The molecule has 110 valence electrons. The number of hydrogen-bond acceptors (Lipinski definition) is 6. The number of halogens is 1. The third-order valence-electron chi connectivity index (χ3n) is 2.51. The van der Waals surface area contributed by atoms with Crippen LogP contribution in [0.2, 0.25) is 5.15 Å². The second kappa shape index (κ2) is 6.64. The Kier molecular flexibility index (Phi) is 4.87. The molecule has 0 bridgehead atoms. The molecule has 2 aromatic rings. The standard InChI is InChI=1S/C13H12ClN3O3S/c1-7-3-8(4-10(14)15-7)12(19)17-13-16-9(6-21-13)5-11(18)20-2/h3-4,6H,5H2,1-2H3,(H,16,17,19). The van der Waals surface area contributed by atoms with E-state index in [2.05, 4.69) is 20.0 Å². The van der Waals surface area contributed by atoms with E-state index in [4.69, 9.17) is 11.6 Å². The van der Waals surface area contributed by atoms with Crippen molar-refractivity contribution in [2.45, 2.75) is 13.3 Å². The number of nitrogens with one attached hydrogen (secondary N) is 1. The first-order valence-electron chi connectivity index (χ1n) is 5.94. The monoisotopic (exact) mass is 325 g/mol. The van der Waals surface area contributed by atoms with Crippen molar-refractivity contribution < 1.29 is 14.3 Å². The van der Waals surface area contributed by atoms with Crippen LogP contribution in [0, 0.1) is 6.92 Å². The molecule has 0 unspecified atom stereocenters. The smallest absolute Gasteiger partial charge is 0.311 e. The quantitative estimate of drug-likeness (QED) is 0.690. The topological polar surface area (TPSA) is 81.2 Å². The van der Waals surface area contributed by atoms with E-state index in [1.807, 2.05) is 0 Å². The number of aromatic nitrogens is 2. The number of rotatable bonds is 4. The molecule has 0 saturated heterocycles. The molecule has 0 fully saturated rings. The maximum atomic E-state index is 12.1. The summed E-state index contributed by atoms with van der Waals surface area (Å²) < 4.78 is 4.56. The highest BCUT2D eigenvalue weighted by Crippen LogP contribution is 2.18. The molecule has 8 heteroatoms. The van der Waals surface area contributed by atoms with E-state index in [1.165, 1.54) is 24.5 Å². The Morgan fingerprint density at radius 1 is 1.38 bits per heavy atom. The van der Waals surface area contributed by atoms with Crippen molar-refractivity contribution in [2.24, 2.45) is 0 Å². The molecule has 0 aliphatic carbocycles. The van der Waals surface area contributed by atoms with Crippen molar-refractivity contribution in [3.63, 3.8) is 0 Å². The molecule has 6 nitrogen and oxygen atoms in total. The van der Waals surface area contributed by atoms with Gasteiger partial charge in [-0.05, 0) is 19.1 Å². The molecule has 0 atom stereocenters. The number of esters is 1. The molecule has 2 rings (SSSR count). The number of amides is 1. The van der Waals surface area contributed by atoms with Gasteiger partial charge >= 0.3 is 5.97 Å². The molecule has 0 saturated carbocycles. The van der Waals surface area contributed by atoms with Crippen molar-refractivity contribution in [1.29, 1.82) is 0 Å². The van der Waals surface area contributed by atoms with Crippen LogP contribution >= 0.6 is 22.9 Å². The SMILES string of the molecule is COC(=O)Cc1csc(NC(=O)c2cc(C)nc(Cl)c2)n1. The van der Waals surface area contributed by atoms with Crippen LogP contribution in [0.5, 0.6) is 0 Å². The second-order valence-electron chi connectivity index (χ2n) is 4.17. The number of methoxy groups -OCH3 is 1. The molecule has 2 aromatic heterocycles.